The summed E-state index contributed by atoms with van der Waals surface area (Å²) >= 11 is 3.41. The van der Waals surface area contributed by atoms with Crippen LogP contribution in [-0.2, 0) is 4.79 Å². The molecule has 0 unspecified atom stereocenters. The molecule has 0 aromatic heterocycles. The van der Waals surface area contributed by atoms with Gasteiger partial charge in [-0.2, -0.15) is 0 Å². The highest BCUT2D eigenvalue weighted by atomic mass is 79.9. The molecule has 0 saturated heterocycles. The Balaban J connectivity index is 2.00. The number of rotatable bonds is 7. The molecule has 0 aliphatic heterocycles. The van der Waals surface area contributed by atoms with E-state index in [1.165, 1.54) is 6.92 Å². The first-order valence-corrected chi connectivity index (χ1v) is 8.81. The molecule has 0 saturated carbocycles. The van der Waals surface area contributed by atoms with Gasteiger partial charge < -0.3 is 14.8 Å². The zero-order chi connectivity index (χ0) is 18.2. The smallest absolute Gasteiger partial charge is 0.343 e. The van der Waals surface area contributed by atoms with Crippen molar-refractivity contribution in [3.8, 4) is 11.5 Å². The number of anilines is 1. The molecule has 0 fully saturated rings. The van der Waals surface area contributed by atoms with Crippen molar-refractivity contribution in [3.05, 3.63) is 52.5 Å². The number of hydrogen-bond donors (Lipinski definition) is 1. The van der Waals surface area contributed by atoms with Crippen LogP contribution in [0.2, 0.25) is 0 Å². The highest BCUT2D eigenvalue weighted by Crippen LogP contribution is 2.27. The van der Waals surface area contributed by atoms with Gasteiger partial charge in [-0.1, -0.05) is 13.3 Å². The lowest BCUT2D eigenvalue weighted by Gasteiger charge is -2.10. The van der Waals surface area contributed by atoms with Gasteiger partial charge in [0.2, 0.25) is 5.91 Å². The Kier molecular flexibility index (Phi) is 7.01. The number of esters is 1. The molecule has 0 aliphatic carbocycles. The van der Waals surface area contributed by atoms with Crippen LogP contribution in [-0.4, -0.2) is 18.5 Å². The molecule has 25 heavy (non-hydrogen) atoms. The van der Waals surface area contributed by atoms with Gasteiger partial charge in [0.25, 0.3) is 0 Å². The molecule has 5 nitrogen and oxygen atoms in total. The maximum Gasteiger partial charge on any atom is 0.343 e. The van der Waals surface area contributed by atoms with E-state index >= 15 is 0 Å². The average Bonchev–Trinajstić information content (AvgIpc) is 2.57. The molecule has 0 spiro atoms. The van der Waals surface area contributed by atoms with Crippen LogP contribution in [0.1, 0.15) is 37.0 Å². The van der Waals surface area contributed by atoms with E-state index in [0.717, 1.165) is 12.8 Å². The zero-order valence-electron chi connectivity index (χ0n) is 14.2. The number of halogens is 1. The highest BCUT2D eigenvalue weighted by Gasteiger charge is 2.12. The van der Waals surface area contributed by atoms with Gasteiger partial charge in [-0.15, -0.1) is 0 Å². The number of ether oxygens (including phenoxy) is 2. The van der Waals surface area contributed by atoms with Crippen LogP contribution in [0, 0.1) is 0 Å². The summed E-state index contributed by atoms with van der Waals surface area (Å²) in [4.78, 5) is 23.2. The van der Waals surface area contributed by atoms with E-state index in [0.29, 0.717) is 33.8 Å². The lowest BCUT2D eigenvalue weighted by atomic mass is 10.2. The Morgan fingerprint density at radius 2 is 1.84 bits per heavy atom. The third kappa shape index (κ3) is 5.90. The van der Waals surface area contributed by atoms with Crippen LogP contribution in [0.5, 0.6) is 11.5 Å². The number of hydrogen-bond acceptors (Lipinski definition) is 4. The Labute approximate surface area is 155 Å². The summed E-state index contributed by atoms with van der Waals surface area (Å²) in [5, 5.41) is 2.65. The number of benzene rings is 2. The van der Waals surface area contributed by atoms with E-state index in [1.807, 2.05) is 0 Å². The summed E-state index contributed by atoms with van der Waals surface area (Å²) in [7, 11) is 0. The molecule has 6 heteroatoms. The summed E-state index contributed by atoms with van der Waals surface area (Å²) in [6.45, 7) is 4.17. The summed E-state index contributed by atoms with van der Waals surface area (Å²) < 4.78 is 11.7. The Bertz CT molecular complexity index is 744. The number of carbonyl (C=O) groups is 2. The predicted molar refractivity (Wildman–Crippen MR) is 100 cm³/mol. The molecule has 2 aromatic rings. The van der Waals surface area contributed by atoms with Crippen molar-refractivity contribution < 1.29 is 19.1 Å². The highest BCUT2D eigenvalue weighted by molar-refractivity contribution is 9.10. The van der Waals surface area contributed by atoms with E-state index in [1.54, 1.807) is 42.5 Å². The maximum atomic E-state index is 12.2. The van der Waals surface area contributed by atoms with Crippen LogP contribution in [0.25, 0.3) is 0 Å². The Morgan fingerprint density at radius 3 is 2.44 bits per heavy atom. The molecular formula is C19H20BrNO4. The summed E-state index contributed by atoms with van der Waals surface area (Å²) in [5.74, 6) is 0.479. The van der Waals surface area contributed by atoms with Gasteiger partial charge in [-0.3, -0.25) is 4.79 Å². The molecule has 132 valence electrons. The SMILES string of the molecule is CCCCOc1ccc(C(=O)Oc2ccc(NC(C)=O)cc2)cc1Br. The summed E-state index contributed by atoms with van der Waals surface area (Å²) in [6.07, 6.45) is 2.04. The fourth-order valence-corrected chi connectivity index (χ4v) is 2.54. The minimum absolute atomic E-state index is 0.157. The van der Waals surface area contributed by atoms with Gasteiger partial charge in [-0.05, 0) is 64.8 Å². The molecule has 1 amide bonds. The first-order valence-electron chi connectivity index (χ1n) is 8.01. The number of carbonyl (C=O) groups excluding carboxylic acids is 2. The number of nitrogens with one attached hydrogen (secondary N) is 1. The van der Waals surface area contributed by atoms with Crippen molar-refractivity contribution in [2.24, 2.45) is 0 Å². The standard InChI is InChI=1S/C19H20BrNO4/c1-3-4-11-24-18-10-5-14(12-17(18)20)19(23)25-16-8-6-15(7-9-16)21-13(2)22/h5-10,12H,3-4,11H2,1-2H3,(H,21,22). The molecule has 0 atom stereocenters. The molecule has 2 aromatic carbocycles. The first kappa shape index (κ1) is 19.0. The summed E-state index contributed by atoms with van der Waals surface area (Å²) in [5.41, 5.74) is 1.06. The molecule has 2 rings (SSSR count). The Hall–Kier alpha value is -2.34. The maximum absolute atomic E-state index is 12.2. The van der Waals surface area contributed by atoms with E-state index < -0.39 is 5.97 Å². The lowest BCUT2D eigenvalue weighted by Crippen LogP contribution is -2.09. The van der Waals surface area contributed by atoms with Gasteiger partial charge >= 0.3 is 5.97 Å². The van der Waals surface area contributed by atoms with Crippen LogP contribution in [0.3, 0.4) is 0 Å². The molecule has 0 bridgehead atoms. The van der Waals surface area contributed by atoms with Crippen molar-refractivity contribution in [2.45, 2.75) is 26.7 Å². The first-order chi connectivity index (χ1) is 12.0. The summed E-state index contributed by atoms with van der Waals surface area (Å²) in [6, 6.07) is 11.7. The monoisotopic (exact) mass is 405 g/mol. The van der Waals surface area contributed by atoms with Crippen LogP contribution < -0.4 is 14.8 Å². The topological polar surface area (TPSA) is 64.6 Å². The van der Waals surface area contributed by atoms with Gasteiger partial charge in [-0.25, -0.2) is 4.79 Å². The fraction of sp³-hybridized carbons (Fsp3) is 0.263. The quantitative estimate of drug-likeness (QED) is 0.407. The Morgan fingerprint density at radius 1 is 1.12 bits per heavy atom. The zero-order valence-corrected chi connectivity index (χ0v) is 15.8. The van der Waals surface area contributed by atoms with E-state index in [4.69, 9.17) is 9.47 Å². The number of amides is 1. The molecular weight excluding hydrogens is 386 g/mol. The third-order valence-corrected chi connectivity index (χ3v) is 3.93. The predicted octanol–water partition coefficient (Wildman–Crippen LogP) is 4.81. The minimum atomic E-state index is -0.465. The van der Waals surface area contributed by atoms with E-state index in [2.05, 4.69) is 28.2 Å². The lowest BCUT2D eigenvalue weighted by molar-refractivity contribution is -0.114. The molecule has 1 N–H and O–H groups in total. The van der Waals surface area contributed by atoms with Gasteiger partial charge in [0.15, 0.2) is 0 Å². The van der Waals surface area contributed by atoms with Crippen molar-refractivity contribution in [1.29, 1.82) is 0 Å². The largest absolute Gasteiger partial charge is 0.492 e. The van der Waals surface area contributed by atoms with Crippen molar-refractivity contribution >= 4 is 33.5 Å². The number of unbranched alkanes of at least 4 members (excludes halogenated alkanes) is 1. The van der Waals surface area contributed by atoms with E-state index in [9.17, 15) is 9.59 Å². The second kappa shape index (κ2) is 9.22. The molecule has 0 aliphatic rings. The van der Waals surface area contributed by atoms with Crippen LogP contribution in [0.4, 0.5) is 5.69 Å². The van der Waals surface area contributed by atoms with Crippen molar-refractivity contribution in [1.82, 2.24) is 0 Å². The van der Waals surface area contributed by atoms with Gasteiger partial charge in [0, 0.05) is 12.6 Å². The molecule has 0 radical (unpaired) electrons. The minimum Gasteiger partial charge on any atom is -0.492 e. The van der Waals surface area contributed by atoms with Crippen molar-refractivity contribution in [2.75, 3.05) is 11.9 Å². The average molecular weight is 406 g/mol. The van der Waals surface area contributed by atoms with Gasteiger partial charge in [0.1, 0.15) is 11.5 Å². The second-order valence-corrected chi connectivity index (χ2v) is 6.30. The second-order valence-electron chi connectivity index (χ2n) is 5.44. The van der Waals surface area contributed by atoms with Crippen molar-refractivity contribution in [3.63, 3.8) is 0 Å². The van der Waals surface area contributed by atoms with Crippen LogP contribution >= 0.6 is 15.9 Å². The normalized spacial score (nSPS) is 10.2. The third-order valence-electron chi connectivity index (χ3n) is 3.31. The van der Waals surface area contributed by atoms with E-state index in [-0.39, 0.29) is 5.91 Å². The fourth-order valence-electron chi connectivity index (χ4n) is 2.05. The van der Waals surface area contributed by atoms with Crippen LogP contribution in [0.15, 0.2) is 46.9 Å². The van der Waals surface area contributed by atoms with Gasteiger partial charge in [0.05, 0.1) is 16.6 Å². The molecule has 0 heterocycles.